The van der Waals surface area contributed by atoms with Gasteiger partial charge in [-0.15, -0.1) is 6.58 Å². The molecule has 6 nitrogen and oxygen atoms in total. The lowest BCUT2D eigenvalue weighted by atomic mass is 10.2. The number of rotatable bonds is 8. The first kappa shape index (κ1) is 21.1. The molecule has 0 aliphatic heterocycles. The number of nitrogens with zero attached hydrogens (tertiary/aromatic N) is 1. The molecule has 7 heteroatoms. The second-order valence-corrected chi connectivity index (χ2v) is 8.40. The fraction of sp³-hybridized carbons (Fsp3) is 0.0870. The minimum atomic E-state index is -3.45. The van der Waals surface area contributed by atoms with E-state index in [1.54, 1.807) is 42.5 Å². The van der Waals surface area contributed by atoms with Crippen LogP contribution in [0.15, 0.2) is 91.5 Å². The van der Waals surface area contributed by atoms with E-state index in [1.807, 2.05) is 36.4 Å². The fourth-order valence-electron chi connectivity index (χ4n) is 2.80. The SMILES string of the molecule is C=CCN(c1ccc(C(=O)Nc2ccccc2Oc2ccccc2)cc1)S(C)(=O)=O. The zero-order chi connectivity index (χ0) is 21.6. The van der Waals surface area contributed by atoms with E-state index >= 15 is 0 Å². The summed E-state index contributed by atoms with van der Waals surface area (Å²) in [5.74, 6) is 0.842. The van der Waals surface area contributed by atoms with Gasteiger partial charge in [-0.05, 0) is 48.5 Å². The molecule has 0 atom stereocenters. The number of hydrogen-bond donors (Lipinski definition) is 1. The fourth-order valence-corrected chi connectivity index (χ4v) is 3.68. The van der Waals surface area contributed by atoms with E-state index in [0.29, 0.717) is 28.4 Å². The Morgan fingerprint density at radius 3 is 2.27 bits per heavy atom. The van der Waals surface area contributed by atoms with E-state index in [2.05, 4.69) is 11.9 Å². The highest BCUT2D eigenvalue weighted by Crippen LogP contribution is 2.29. The minimum Gasteiger partial charge on any atom is -0.455 e. The van der Waals surface area contributed by atoms with Crippen LogP contribution in [0.5, 0.6) is 11.5 Å². The Hall–Kier alpha value is -3.58. The van der Waals surface area contributed by atoms with Gasteiger partial charge in [0.2, 0.25) is 10.0 Å². The highest BCUT2D eigenvalue weighted by Gasteiger charge is 2.17. The van der Waals surface area contributed by atoms with Crippen molar-refractivity contribution >= 4 is 27.3 Å². The van der Waals surface area contributed by atoms with Crippen LogP contribution in [0.2, 0.25) is 0 Å². The molecular formula is C23H22N2O4S. The molecule has 0 aliphatic rings. The molecule has 0 bridgehead atoms. The van der Waals surface area contributed by atoms with Gasteiger partial charge in [0.15, 0.2) is 5.75 Å². The van der Waals surface area contributed by atoms with Crippen LogP contribution < -0.4 is 14.4 Å². The lowest BCUT2D eigenvalue weighted by Crippen LogP contribution is -2.29. The summed E-state index contributed by atoms with van der Waals surface area (Å²) in [5.41, 5.74) is 1.38. The van der Waals surface area contributed by atoms with Crippen LogP contribution >= 0.6 is 0 Å². The van der Waals surface area contributed by atoms with Crippen LogP contribution in [-0.4, -0.2) is 27.1 Å². The predicted molar refractivity (Wildman–Crippen MR) is 120 cm³/mol. The zero-order valence-electron chi connectivity index (χ0n) is 16.5. The van der Waals surface area contributed by atoms with Crippen molar-refractivity contribution in [2.45, 2.75) is 0 Å². The number of hydrogen-bond acceptors (Lipinski definition) is 4. The number of ether oxygens (including phenoxy) is 1. The summed E-state index contributed by atoms with van der Waals surface area (Å²) in [5, 5.41) is 2.84. The second-order valence-electron chi connectivity index (χ2n) is 6.50. The lowest BCUT2D eigenvalue weighted by molar-refractivity contribution is 0.102. The average molecular weight is 423 g/mol. The van der Waals surface area contributed by atoms with Crippen molar-refractivity contribution in [3.05, 3.63) is 97.1 Å². The van der Waals surface area contributed by atoms with Crippen molar-refractivity contribution in [2.75, 3.05) is 22.4 Å². The van der Waals surface area contributed by atoms with Crippen molar-refractivity contribution in [2.24, 2.45) is 0 Å². The molecule has 1 N–H and O–H groups in total. The van der Waals surface area contributed by atoms with Gasteiger partial charge in [0.05, 0.1) is 24.2 Å². The summed E-state index contributed by atoms with van der Waals surface area (Å²) < 4.78 is 31.0. The van der Waals surface area contributed by atoms with Crippen LogP contribution in [0.25, 0.3) is 0 Å². The number of nitrogens with one attached hydrogen (secondary N) is 1. The van der Waals surface area contributed by atoms with Crippen LogP contribution in [-0.2, 0) is 10.0 Å². The topological polar surface area (TPSA) is 75.7 Å². The molecule has 1 amide bonds. The van der Waals surface area contributed by atoms with E-state index in [-0.39, 0.29) is 12.5 Å². The molecule has 0 aromatic heterocycles. The summed E-state index contributed by atoms with van der Waals surface area (Å²) in [7, 11) is -3.45. The van der Waals surface area contributed by atoms with Crippen molar-refractivity contribution in [3.8, 4) is 11.5 Å². The number of para-hydroxylation sites is 3. The average Bonchev–Trinajstić information content (AvgIpc) is 2.73. The Bertz CT molecular complexity index is 1130. The van der Waals surface area contributed by atoms with Crippen LogP contribution in [0.3, 0.4) is 0 Å². The summed E-state index contributed by atoms with van der Waals surface area (Å²) in [4.78, 5) is 12.7. The highest BCUT2D eigenvalue weighted by molar-refractivity contribution is 7.92. The third-order valence-electron chi connectivity index (χ3n) is 4.22. The summed E-state index contributed by atoms with van der Waals surface area (Å²) in [6, 6.07) is 22.8. The third-order valence-corrected chi connectivity index (χ3v) is 5.38. The van der Waals surface area contributed by atoms with Gasteiger partial charge >= 0.3 is 0 Å². The summed E-state index contributed by atoms with van der Waals surface area (Å²) >= 11 is 0. The monoisotopic (exact) mass is 422 g/mol. The molecule has 0 radical (unpaired) electrons. The maximum absolute atomic E-state index is 12.7. The summed E-state index contributed by atoms with van der Waals surface area (Å²) in [6.07, 6.45) is 2.63. The maximum Gasteiger partial charge on any atom is 0.255 e. The number of carbonyl (C=O) groups is 1. The molecule has 30 heavy (non-hydrogen) atoms. The Morgan fingerprint density at radius 1 is 1.00 bits per heavy atom. The van der Waals surface area contributed by atoms with Gasteiger partial charge in [0.1, 0.15) is 5.75 Å². The number of sulfonamides is 1. The van der Waals surface area contributed by atoms with Crippen LogP contribution in [0.4, 0.5) is 11.4 Å². The molecule has 0 heterocycles. The molecule has 3 aromatic carbocycles. The number of amides is 1. The van der Waals surface area contributed by atoms with Gasteiger partial charge in [0.25, 0.3) is 5.91 Å². The Balaban J connectivity index is 1.78. The zero-order valence-corrected chi connectivity index (χ0v) is 17.3. The Morgan fingerprint density at radius 2 is 1.63 bits per heavy atom. The maximum atomic E-state index is 12.7. The number of anilines is 2. The smallest absolute Gasteiger partial charge is 0.255 e. The van der Waals surface area contributed by atoms with Crippen molar-refractivity contribution < 1.29 is 17.9 Å². The van der Waals surface area contributed by atoms with Gasteiger partial charge in [-0.25, -0.2) is 8.42 Å². The van der Waals surface area contributed by atoms with Crippen LogP contribution in [0, 0.1) is 0 Å². The molecule has 154 valence electrons. The number of benzene rings is 3. The first-order valence-electron chi connectivity index (χ1n) is 9.20. The standard InChI is InChI=1S/C23H22N2O4S/c1-3-17-25(30(2,27)28)19-15-13-18(14-16-19)23(26)24-21-11-7-8-12-22(21)29-20-9-5-4-6-10-20/h3-16H,1,17H2,2H3,(H,24,26). The normalized spacial score (nSPS) is 10.8. The van der Waals surface area contributed by atoms with Crippen molar-refractivity contribution in [1.29, 1.82) is 0 Å². The third kappa shape index (κ3) is 5.27. The first-order valence-corrected chi connectivity index (χ1v) is 11.1. The van der Waals surface area contributed by atoms with Gasteiger partial charge in [-0.2, -0.15) is 0 Å². The van der Waals surface area contributed by atoms with Gasteiger partial charge in [0, 0.05) is 5.56 Å². The molecular weight excluding hydrogens is 400 g/mol. The largest absolute Gasteiger partial charge is 0.455 e. The lowest BCUT2D eigenvalue weighted by Gasteiger charge is -2.20. The van der Waals surface area contributed by atoms with E-state index in [4.69, 9.17) is 4.74 Å². The molecule has 0 saturated heterocycles. The highest BCUT2D eigenvalue weighted by atomic mass is 32.2. The molecule has 0 spiro atoms. The van der Waals surface area contributed by atoms with E-state index < -0.39 is 10.0 Å². The van der Waals surface area contributed by atoms with E-state index in [1.165, 1.54) is 10.4 Å². The van der Waals surface area contributed by atoms with Crippen molar-refractivity contribution in [3.63, 3.8) is 0 Å². The van der Waals surface area contributed by atoms with Gasteiger partial charge in [-0.3, -0.25) is 9.10 Å². The molecule has 0 saturated carbocycles. The quantitative estimate of drug-likeness (QED) is 0.535. The Kier molecular flexibility index (Phi) is 6.54. The van der Waals surface area contributed by atoms with E-state index in [0.717, 1.165) is 6.26 Å². The summed E-state index contributed by atoms with van der Waals surface area (Å²) in [6.45, 7) is 3.74. The second kappa shape index (κ2) is 9.28. The van der Waals surface area contributed by atoms with Gasteiger partial charge in [-0.1, -0.05) is 36.4 Å². The first-order chi connectivity index (χ1) is 14.4. The molecule has 0 aliphatic carbocycles. The molecule has 0 fully saturated rings. The molecule has 0 unspecified atom stereocenters. The minimum absolute atomic E-state index is 0.147. The molecule has 3 rings (SSSR count). The van der Waals surface area contributed by atoms with Gasteiger partial charge < -0.3 is 10.1 Å². The number of carbonyl (C=O) groups excluding carboxylic acids is 1. The predicted octanol–water partition coefficient (Wildman–Crippen LogP) is 4.68. The van der Waals surface area contributed by atoms with Crippen molar-refractivity contribution in [1.82, 2.24) is 0 Å². The Labute approximate surface area is 176 Å². The molecule has 3 aromatic rings. The van der Waals surface area contributed by atoms with Crippen LogP contribution in [0.1, 0.15) is 10.4 Å². The van der Waals surface area contributed by atoms with E-state index in [9.17, 15) is 13.2 Å².